The lowest BCUT2D eigenvalue weighted by molar-refractivity contribution is -0.125. The Balaban J connectivity index is 1.70. The number of nitrogens with zero attached hydrogens (tertiary/aromatic N) is 2. The van der Waals surface area contributed by atoms with E-state index >= 15 is 0 Å². The van der Waals surface area contributed by atoms with Gasteiger partial charge in [0, 0.05) is 24.8 Å². The summed E-state index contributed by atoms with van der Waals surface area (Å²) >= 11 is 5.78. The van der Waals surface area contributed by atoms with Gasteiger partial charge in [0.25, 0.3) is 11.8 Å². The van der Waals surface area contributed by atoms with Crippen LogP contribution in [0, 0.1) is 0 Å². The zero-order valence-electron chi connectivity index (χ0n) is 11.1. The van der Waals surface area contributed by atoms with E-state index in [1.54, 1.807) is 11.0 Å². The Bertz CT molecular complexity index is 626. The largest absolute Gasteiger partial charge is 0.338 e. The summed E-state index contributed by atoms with van der Waals surface area (Å²) in [6, 6.07) is 2.64. The minimum absolute atomic E-state index is 0.154. The summed E-state index contributed by atoms with van der Waals surface area (Å²) < 4.78 is 0. The SMILES string of the molecule is O=C1NC(=O)C2(CCN(C(=O)c3ccnc(Cl)c3)CC2)N1. The highest BCUT2D eigenvalue weighted by molar-refractivity contribution is 6.29. The molecule has 0 atom stereocenters. The number of nitrogens with one attached hydrogen (secondary N) is 2. The summed E-state index contributed by atoms with van der Waals surface area (Å²) in [5.74, 6) is -0.467. The molecule has 1 spiro atoms. The maximum atomic E-state index is 12.4. The molecule has 1 aromatic heterocycles. The molecule has 7 nitrogen and oxygen atoms in total. The van der Waals surface area contributed by atoms with Crippen molar-refractivity contribution in [1.29, 1.82) is 0 Å². The van der Waals surface area contributed by atoms with Gasteiger partial charge in [0.15, 0.2) is 0 Å². The number of carbonyl (C=O) groups is 3. The molecule has 2 saturated heterocycles. The molecule has 0 aliphatic carbocycles. The van der Waals surface area contributed by atoms with Crippen LogP contribution in [0.2, 0.25) is 5.15 Å². The Morgan fingerprint density at radius 1 is 1.33 bits per heavy atom. The van der Waals surface area contributed by atoms with Crippen LogP contribution in [0.15, 0.2) is 18.3 Å². The summed E-state index contributed by atoms with van der Waals surface area (Å²) in [6.45, 7) is 0.791. The molecule has 1 aromatic rings. The summed E-state index contributed by atoms with van der Waals surface area (Å²) in [4.78, 5) is 40.9. The van der Waals surface area contributed by atoms with Gasteiger partial charge >= 0.3 is 6.03 Å². The van der Waals surface area contributed by atoms with Crippen LogP contribution < -0.4 is 10.6 Å². The number of aromatic nitrogens is 1. The molecule has 0 bridgehead atoms. The number of imide groups is 1. The summed E-state index contributed by atoms with van der Waals surface area (Å²) in [5, 5.41) is 5.16. The lowest BCUT2D eigenvalue weighted by Crippen LogP contribution is -2.55. The van der Waals surface area contributed by atoms with E-state index in [0.29, 0.717) is 31.5 Å². The van der Waals surface area contributed by atoms with E-state index in [1.165, 1.54) is 12.3 Å². The maximum absolute atomic E-state index is 12.4. The van der Waals surface area contributed by atoms with Crippen LogP contribution in [-0.2, 0) is 4.79 Å². The van der Waals surface area contributed by atoms with Crippen molar-refractivity contribution >= 4 is 29.4 Å². The monoisotopic (exact) mass is 308 g/mol. The Morgan fingerprint density at radius 3 is 2.62 bits per heavy atom. The third kappa shape index (κ3) is 2.44. The highest BCUT2D eigenvalue weighted by atomic mass is 35.5. The number of piperidine rings is 1. The summed E-state index contributed by atoms with van der Waals surface area (Å²) in [7, 11) is 0. The fraction of sp³-hybridized carbons (Fsp3) is 0.385. The van der Waals surface area contributed by atoms with Crippen molar-refractivity contribution in [2.24, 2.45) is 0 Å². The minimum Gasteiger partial charge on any atom is -0.338 e. The normalized spacial score (nSPS) is 20.3. The van der Waals surface area contributed by atoms with E-state index in [-0.39, 0.29) is 17.0 Å². The fourth-order valence-electron chi connectivity index (χ4n) is 2.69. The van der Waals surface area contributed by atoms with Crippen molar-refractivity contribution in [3.63, 3.8) is 0 Å². The average molecular weight is 309 g/mol. The number of amides is 4. The third-order valence-electron chi connectivity index (χ3n) is 3.89. The molecule has 0 radical (unpaired) electrons. The van der Waals surface area contributed by atoms with E-state index in [1.807, 2.05) is 0 Å². The summed E-state index contributed by atoms with van der Waals surface area (Å²) in [5.41, 5.74) is -0.408. The Kier molecular flexibility index (Phi) is 3.29. The number of pyridine rings is 1. The Morgan fingerprint density at radius 2 is 2.05 bits per heavy atom. The number of hydrogen-bond donors (Lipinski definition) is 2. The fourth-order valence-corrected chi connectivity index (χ4v) is 2.86. The van der Waals surface area contributed by atoms with Crippen LogP contribution in [-0.4, -0.2) is 46.4 Å². The molecule has 110 valence electrons. The van der Waals surface area contributed by atoms with Crippen molar-refractivity contribution in [3.05, 3.63) is 29.0 Å². The molecule has 3 rings (SSSR count). The van der Waals surface area contributed by atoms with Gasteiger partial charge in [-0.2, -0.15) is 0 Å². The molecule has 2 fully saturated rings. The van der Waals surface area contributed by atoms with E-state index < -0.39 is 11.6 Å². The maximum Gasteiger partial charge on any atom is 0.322 e. The molecule has 2 N–H and O–H groups in total. The first kappa shape index (κ1) is 13.8. The summed E-state index contributed by atoms with van der Waals surface area (Å²) in [6.07, 6.45) is 2.27. The van der Waals surface area contributed by atoms with Gasteiger partial charge in [0.05, 0.1) is 0 Å². The van der Waals surface area contributed by atoms with E-state index in [4.69, 9.17) is 11.6 Å². The van der Waals surface area contributed by atoms with Crippen LogP contribution >= 0.6 is 11.6 Å². The lowest BCUT2D eigenvalue weighted by Gasteiger charge is -2.37. The highest BCUT2D eigenvalue weighted by Gasteiger charge is 2.48. The minimum atomic E-state index is -0.871. The number of halogens is 1. The second-order valence-corrected chi connectivity index (χ2v) is 5.54. The zero-order chi connectivity index (χ0) is 15.0. The molecule has 0 unspecified atom stereocenters. The molecule has 21 heavy (non-hydrogen) atoms. The Hall–Kier alpha value is -2.15. The quantitative estimate of drug-likeness (QED) is 0.585. The van der Waals surface area contributed by atoms with Crippen molar-refractivity contribution in [1.82, 2.24) is 20.5 Å². The van der Waals surface area contributed by atoms with Crippen LogP contribution in [0.1, 0.15) is 23.2 Å². The van der Waals surface area contributed by atoms with Gasteiger partial charge in [-0.15, -0.1) is 0 Å². The van der Waals surface area contributed by atoms with Gasteiger partial charge in [-0.05, 0) is 25.0 Å². The highest BCUT2D eigenvalue weighted by Crippen LogP contribution is 2.26. The van der Waals surface area contributed by atoms with Gasteiger partial charge in [-0.3, -0.25) is 14.9 Å². The van der Waals surface area contributed by atoms with E-state index in [9.17, 15) is 14.4 Å². The van der Waals surface area contributed by atoms with E-state index in [2.05, 4.69) is 15.6 Å². The predicted octanol–water partition coefficient (Wildman–Crippen LogP) is 0.549. The van der Waals surface area contributed by atoms with Gasteiger partial charge < -0.3 is 10.2 Å². The van der Waals surface area contributed by atoms with Crippen molar-refractivity contribution in [3.8, 4) is 0 Å². The number of carbonyl (C=O) groups excluding carboxylic acids is 3. The first-order chi connectivity index (χ1) is 10.00. The van der Waals surface area contributed by atoms with Crippen LogP contribution in [0.4, 0.5) is 4.79 Å². The molecule has 8 heteroatoms. The molecule has 4 amide bonds. The molecular formula is C13H13ClN4O3. The second kappa shape index (κ2) is 5.00. The average Bonchev–Trinajstić information content (AvgIpc) is 2.73. The molecule has 2 aliphatic rings. The molecule has 3 heterocycles. The second-order valence-electron chi connectivity index (χ2n) is 5.15. The first-order valence-corrected chi connectivity index (χ1v) is 6.92. The van der Waals surface area contributed by atoms with Gasteiger partial charge in [0.2, 0.25) is 0 Å². The Labute approximate surface area is 125 Å². The number of urea groups is 1. The molecule has 0 saturated carbocycles. The first-order valence-electron chi connectivity index (χ1n) is 6.55. The third-order valence-corrected chi connectivity index (χ3v) is 4.10. The molecule has 0 aromatic carbocycles. The van der Waals surface area contributed by atoms with Crippen LogP contribution in [0.5, 0.6) is 0 Å². The number of rotatable bonds is 1. The van der Waals surface area contributed by atoms with Gasteiger partial charge in [-0.1, -0.05) is 11.6 Å². The molecular weight excluding hydrogens is 296 g/mol. The van der Waals surface area contributed by atoms with Crippen molar-refractivity contribution in [2.45, 2.75) is 18.4 Å². The van der Waals surface area contributed by atoms with Crippen molar-refractivity contribution < 1.29 is 14.4 Å². The number of hydrogen-bond acceptors (Lipinski definition) is 4. The van der Waals surface area contributed by atoms with E-state index in [0.717, 1.165) is 0 Å². The molecule has 2 aliphatic heterocycles. The predicted molar refractivity (Wildman–Crippen MR) is 73.8 cm³/mol. The zero-order valence-corrected chi connectivity index (χ0v) is 11.8. The standard InChI is InChI=1S/C13H13ClN4O3/c14-9-7-8(1-4-15-9)10(19)18-5-2-13(3-6-18)11(20)16-12(21)17-13/h1,4,7H,2-3,5-6H2,(H2,16,17,20,21). The lowest BCUT2D eigenvalue weighted by atomic mass is 9.87. The van der Waals surface area contributed by atoms with Gasteiger partial charge in [0.1, 0.15) is 10.7 Å². The smallest absolute Gasteiger partial charge is 0.322 e. The van der Waals surface area contributed by atoms with Gasteiger partial charge in [-0.25, -0.2) is 9.78 Å². The topological polar surface area (TPSA) is 91.4 Å². The van der Waals surface area contributed by atoms with Crippen LogP contribution in [0.3, 0.4) is 0 Å². The number of likely N-dealkylation sites (tertiary alicyclic amines) is 1. The van der Waals surface area contributed by atoms with Crippen LogP contribution in [0.25, 0.3) is 0 Å². The van der Waals surface area contributed by atoms with Crippen molar-refractivity contribution in [2.75, 3.05) is 13.1 Å².